The molecule has 0 unspecified atom stereocenters. The summed E-state index contributed by atoms with van der Waals surface area (Å²) in [5.74, 6) is 0.0947. The molecular weight excluding hydrogens is 322 g/mol. The van der Waals surface area contributed by atoms with Gasteiger partial charge in [-0.25, -0.2) is 0 Å². The molecule has 0 atom stereocenters. The van der Waals surface area contributed by atoms with Gasteiger partial charge in [0.15, 0.2) is 0 Å². The molecule has 2 rings (SSSR count). The molecule has 0 saturated carbocycles. The highest BCUT2D eigenvalue weighted by Crippen LogP contribution is 2.14. The minimum atomic E-state index is 0.0947. The molecular formula is C13H18BrN5O. The van der Waals surface area contributed by atoms with E-state index in [2.05, 4.69) is 26.1 Å². The van der Waals surface area contributed by atoms with Crippen LogP contribution in [0.5, 0.6) is 0 Å². The van der Waals surface area contributed by atoms with E-state index in [9.17, 15) is 4.79 Å². The molecule has 2 heterocycles. The summed E-state index contributed by atoms with van der Waals surface area (Å²) in [5.41, 5.74) is 2.05. The zero-order valence-corrected chi connectivity index (χ0v) is 13.5. The van der Waals surface area contributed by atoms with Gasteiger partial charge in [-0.15, -0.1) is 0 Å². The Bertz CT molecular complexity index is 604. The summed E-state index contributed by atoms with van der Waals surface area (Å²) in [4.78, 5) is 13.8. The van der Waals surface area contributed by atoms with Crippen molar-refractivity contribution in [3.05, 3.63) is 34.3 Å². The van der Waals surface area contributed by atoms with Gasteiger partial charge in [0, 0.05) is 39.0 Å². The fourth-order valence-corrected chi connectivity index (χ4v) is 2.23. The van der Waals surface area contributed by atoms with E-state index in [4.69, 9.17) is 0 Å². The molecule has 0 fully saturated rings. The van der Waals surface area contributed by atoms with Crippen LogP contribution in [0.2, 0.25) is 0 Å². The largest absolute Gasteiger partial charge is 0.340 e. The van der Waals surface area contributed by atoms with Gasteiger partial charge in [-0.1, -0.05) is 0 Å². The first-order valence-corrected chi connectivity index (χ1v) is 7.17. The predicted octanol–water partition coefficient (Wildman–Crippen LogP) is 1.74. The molecule has 2 aromatic rings. The van der Waals surface area contributed by atoms with E-state index in [-0.39, 0.29) is 5.91 Å². The first-order chi connectivity index (χ1) is 9.49. The fraction of sp³-hybridized carbons (Fsp3) is 0.462. The maximum Gasteiger partial charge on any atom is 0.224 e. The van der Waals surface area contributed by atoms with Gasteiger partial charge < -0.3 is 4.90 Å². The van der Waals surface area contributed by atoms with Gasteiger partial charge >= 0.3 is 0 Å². The van der Waals surface area contributed by atoms with E-state index < -0.39 is 0 Å². The number of hydrogen-bond acceptors (Lipinski definition) is 3. The molecule has 0 aromatic carbocycles. The van der Waals surface area contributed by atoms with Crippen molar-refractivity contribution in [2.75, 3.05) is 7.05 Å². The maximum atomic E-state index is 12.1. The van der Waals surface area contributed by atoms with Crippen LogP contribution >= 0.6 is 15.9 Å². The number of carbonyl (C=O) groups is 1. The molecule has 0 N–H and O–H groups in total. The Labute approximate surface area is 126 Å². The van der Waals surface area contributed by atoms with E-state index in [0.717, 1.165) is 15.9 Å². The Morgan fingerprint density at radius 2 is 2.20 bits per heavy atom. The average Bonchev–Trinajstić information content (AvgIpc) is 2.96. The summed E-state index contributed by atoms with van der Waals surface area (Å²) in [6.45, 7) is 3.13. The molecule has 0 bridgehead atoms. The Kier molecular flexibility index (Phi) is 4.59. The molecule has 0 spiro atoms. The summed E-state index contributed by atoms with van der Waals surface area (Å²) in [7, 11) is 3.68. The Morgan fingerprint density at radius 3 is 2.75 bits per heavy atom. The van der Waals surface area contributed by atoms with Crippen molar-refractivity contribution in [3.63, 3.8) is 0 Å². The highest BCUT2D eigenvalue weighted by atomic mass is 79.9. The van der Waals surface area contributed by atoms with Crippen molar-refractivity contribution >= 4 is 21.8 Å². The molecule has 0 radical (unpaired) electrons. The maximum absolute atomic E-state index is 12.1. The van der Waals surface area contributed by atoms with Crippen molar-refractivity contribution in [2.45, 2.75) is 26.4 Å². The number of aromatic nitrogens is 4. The summed E-state index contributed by atoms with van der Waals surface area (Å²) >= 11 is 3.41. The monoisotopic (exact) mass is 339 g/mol. The molecule has 2 aromatic heterocycles. The SMILES string of the molecule is Cc1c(Br)cnn1CCC(=O)N(C)Cc1ccnn1C. The van der Waals surface area contributed by atoms with Gasteiger partial charge in [-0.05, 0) is 28.9 Å². The van der Waals surface area contributed by atoms with Crippen molar-refractivity contribution in [1.29, 1.82) is 0 Å². The van der Waals surface area contributed by atoms with E-state index >= 15 is 0 Å². The lowest BCUT2D eigenvalue weighted by Crippen LogP contribution is -2.28. The van der Waals surface area contributed by atoms with Gasteiger partial charge in [0.05, 0.1) is 22.9 Å². The number of carbonyl (C=O) groups excluding carboxylic acids is 1. The molecule has 7 heteroatoms. The lowest BCUT2D eigenvalue weighted by molar-refractivity contribution is -0.130. The molecule has 1 amide bonds. The number of amides is 1. The van der Waals surface area contributed by atoms with Gasteiger partial charge in [0.25, 0.3) is 0 Å². The molecule has 0 aliphatic carbocycles. The third kappa shape index (κ3) is 3.27. The van der Waals surface area contributed by atoms with Crippen molar-refractivity contribution in [3.8, 4) is 0 Å². The van der Waals surface area contributed by atoms with Crippen LogP contribution in [0.1, 0.15) is 17.8 Å². The molecule has 6 nitrogen and oxygen atoms in total. The van der Waals surface area contributed by atoms with E-state index in [1.807, 2.05) is 24.7 Å². The van der Waals surface area contributed by atoms with Gasteiger partial charge in [-0.2, -0.15) is 10.2 Å². The van der Waals surface area contributed by atoms with Crippen LogP contribution in [0.15, 0.2) is 22.9 Å². The molecule has 0 aliphatic rings. The van der Waals surface area contributed by atoms with Crippen LogP contribution in [0, 0.1) is 6.92 Å². The van der Waals surface area contributed by atoms with Gasteiger partial charge in [-0.3, -0.25) is 14.2 Å². The number of halogens is 1. The van der Waals surface area contributed by atoms with Crippen LogP contribution < -0.4 is 0 Å². The smallest absolute Gasteiger partial charge is 0.224 e. The average molecular weight is 340 g/mol. The fourth-order valence-electron chi connectivity index (χ4n) is 1.93. The lowest BCUT2D eigenvalue weighted by Gasteiger charge is -2.17. The number of rotatable bonds is 5. The summed E-state index contributed by atoms with van der Waals surface area (Å²) in [5, 5.41) is 8.32. The van der Waals surface area contributed by atoms with Crippen molar-refractivity contribution in [2.24, 2.45) is 7.05 Å². The first kappa shape index (κ1) is 14.8. The Balaban J connectivity index is 1.88. The first-order valence-electron chi connectivity index (χ1n) is 6.37. The van der Waals surface area contributed by atoms with E-state index in [1.165, 1.54) is 0 Å². The van der Waals surface area contributed by atoms with Crippen LogP contribution in [-0.4, -0.2) is 37.4 Å². The van der Waals surface area contributed by atoms with Crippen LogP contribution in [-0.2, 0) is 24.9 Å². The second kappa shape index (κ2) is 6.21. The summed E-state index contributed by atoms with van der Waals surface area (Å²) < 4.78 is 4.58. The highest BCUT2D eigenvalue weighted by molar-refractivity contribution is 9.10. The molecule has 108 valence electrons. The minimum absolute atomic E-state index is 0.0947. The van der Waals surface area contributed by atoms with Crippen molar-refractivity contribution in [1.82, 2.24) is 24.5 Å². The summed E-state index contributed by atoms with van der Waals surface area (Å²) in [6, 6.07) is 1.92. The summed E-state index contributed by atoms with van der Waals surface area (Å²) in [6.07, 6.45) is 3.92. The van der Waals surface area contributed by atoms with Crippen LogP contribution in [0.3, 0.4) is 0 Å². The quantitative estimate of drug-likeness (QED) is 0.833. The Hall–Kier alpha value is -1.63. The Morgan fingerprint density at radius 1 is 1.45 bits per heavy atom. The van der Waals surface area contributed by atoms with E-state index in [1.54, 1.807) is 29.0 Å². The zero-order chi connectivity index (χ0) is 14.7. The van der Waals surface area contributed by atoms with E-state index in [0.29, 0.717) is 19.5 Å². The molecule has 20 heavy (non-hydrogen) atoms. The highest BCUT2D eigenvalue weighted by Gasteiger charge is 2.12. The topological polar surface area (TPSA) is 56.0 Å². The second-order valence-corrected chi connectivity index (χ2v) is 5.60. The number of hydrogen-bond donors (Lipinski definition) is 0. The van der Waals surface area contributed by atoms with Crippen LogP contribution in [0.25, 0.3) is 0 Å². The number of aryl methyl sites for hydroxylation is 2. The third-order valence-corrected chi connectivity index (χ3v) is 4.11. The number of nitrogens with zero attached hydrogens (tertiary/aromatic N) is 5. The van der Waals surface area contributed by atoms with Gasteiger partial charge in [0.1, 0.15) is 0 Å². The van der Waals surface area contributed by atoms with Gasteiger partial charge in [0.2, 0.25) is 5.91 Å². The normalized spacial score (nSPS) is 10.8. The third-order valence-electron chi connectivity index (χ3n) is 3.33. The minimum Gasteiger partial charge on any atom is -0.340 e. The predicted molar refractivity (Wildman–Crippen MR) is 79.0 cm³/mol. The zero-order valence-electron chi connectivity index (χ0n) is 11.9. The molecule has 0 aliphatic heterocycles. The second-order valence-electron chi connectivity index (χ2n) is 4.75. The van der Waals surface area contributed by atoms with Crippen molar-refractivity contribution < 1.29 is 4.79 Å². The lowest BCUT2D eigenvalue weighted by atomic mass is 10.3. The van der Waals surface area contributed by atoms with Crippen LogP contribution in [0.4, 0.5) is 0 Å². The molecule has 0 saturated heterocycles. The standard InChI is InChI=1S/C13H18BrN5O/c1-10-12(14)8-16-19(10)7-5-13(20)17(2)9-11-4-6-15-18(11)3/h4,6,8H,5,7,9H2,1-3H3.